The fraction of sp³-hybridized carbons (Fsp3) is 0.467. The Labute approximate surface area is 114 Å². The van der Waals surface area contributed by atoms with Gasteiger partial charge < -0.3 is 5.32 Å². The first-order valence-electron chi connectivity index (χ1n) is 6.92. The highest BCUT2D eigenvalue weighted by Gasteiger charge is 2.05. The van der Waals surface area contributed by atoms with E-state index in [1.165, 1.54) is 0 Å². The van der Waals surface area contributed by atoms with Gasteiger partial charge in [0.15, 0.2) is 0 Å². The van der Waals surface area contributed by atoms with Crippen LogP contribution in [0, 0.1) is 0 Å². The molecule has 2 heterocycles. The lowest BCUT2D eigenvalue weighted by Crippen LogP contribution is -2.15. The molecular formula is C15H22N4. The third kappa shape index (κ3) is 3.64. The van der Waals surface area contributed by atoms with E-state index in [-0.39, 0.29) is 0 Å². The number of nitrogens with one attached hydrogen (secondary N) is 1. The molecule has 0 aliphatic carbocycles. The van der Waals surface area contributed by atoms with E-state index < -0.39 is 0 Å². The SMILES string of the molecule is CCCNCc1cc(-n2ccc(C(C)C)n2)ccn1. The standard InChI is InChI=1S/C15H22N4/c1-4-7-16-11-13-10-14(5-8-17-13)19-9-6-15(18-19)12(2)3/h5-6,8-10,12,16H,4,7,11H2,1-3H3. The minimum absolute atomic E-state index is 0.453. The Bertz CT molecular complexity index is 516. The van der Waals surface area contributed by atoms with Crippen molar-refractivity contribution in [2.75, 3.05) is 6.54 Å². The van der Waals surface area contributed by atoms with Gasteiger partial charge in [0.2, 0.25) is 0 Å². The summed E-state index contributed by atoms with van der Waals surface area (Å²) >= 11 is 0. The summed E-state index contributed by atoms with van der Waals surface area (Å²) in [5.74, 6) is 0.453. The van der Waals surface area contributed by atoms with Crippen molar-refractivity contribution in [3.63, 3.8) is 0 Å². The topological polar surface area (TPSA) is 42.7 Å². The summed E-state index contributed by atoms with van der Waals surface area (Å²) in [4.78, 5) is 4.38. The van der Waals surface area contributed by atoms with Gasteiger partial charge in [-0.05, 0) is 37.1 Å². The molecule has 0 amide bonds. The van der Waals surface area contributed by atoms with E-state index in [2.05, 4.69) is 48.3 Å². The van der Waals surface area contributed by atoms with Crippen molar-refractivity contribution in [1.29, 1.82) is 0 Å². The lowest BCUT2D eigenvalue weighted by atomic mass is 10.1. The Kier molecular flexibility index (Phi) is 4.68. The van der Waals surface area contributed by atoms with E-state index in [1.807, 2.05) is 23.1 Å². The molecule has 0 aromatic carbocycles. The molecule has 102 valence electrons. The fourth-order valence-corrected chi connectivity index (χ4v) is 1.89. The Balaban J connectivity index is 2.12. The Morgan fingerprint density at radius 3 is 2.84 bits per heavy atom. The molecule has 2 rings (SSSR count). The van der Waals surface area contributed by atoms with Crippen LogP contribution in [0.3, 0.4) is 0 Å². The molecule has 0 spiro atoms. The quantitative estimate of drug-likeness (QED) is 0.810. The zero-order valence-corrected chi connectivity index (χ0v) is 11.9. The van der Waals surface area contributed by atoms with Gasteiger partial charge in [-0.1, -0.05) is 20.8 Å². The van der Waals surface area contributed by atoms with Crippen LogP contribution in [0.15, 0.2) is 30.6 Å². The van der Waals surface area contributed by atoms with Gasteiger partial charge in [-0.15, -0.1) is 0 Å². The maximum absolute atomic E-state index is 4.59. The van der Waals surface area contributed by atoms with Gasteiger partial charge in [0.25, 0.3) is 0 Å². The van der Waals surface area contributed by atoms with E-state index in [4.69, 9.17) is 0 Å². The van der Waals surface area contributed by atoms with Crippen LogP contribution in [0.4, 0.5) is 0 Å². The van der Waals surface area contributed by atoms with Crippen LogP contribution in [0.25, 0.3) is 5.69 Å². The zero-order valence-electron chi connectivity index (χ0n) is 11.9. The second-order valence-electron chi connectivity index (χ2n) is 5.02. The first kappa shape index (κ1) is 13.7. The summed E-state index contributed by atoms with van der Waals surface area (Å²) in [6, 6.07) is 6.14. The number of nitrogens with zero attached hydrogens (tertiary/aromatic N) is 3. The second kappa shape index (κ2) is 6.48. The number of pyridine rings is 1. The van der Waals surface area contributed by atoms with Crippen molar-refractivity contribution < 1.29 is 0 Å². The van der Waals surface area contributed by atoms with Crippen LogP contribution in [-0.2, 0) is 6.54 Å². The molecule has 0 aliphatic rings. The van der Waals surface area contributed by atoms with E-state index >= 15 is 0 Å². The van der Waals surface area contributed by atoms with Gasteiger partial charge in [-0.2, -0.15) is 5.10 Å². The van der Waals surface area contributed by atoms with Crippen LogP contribution in [-0.4, -0.2) is 21.3 Å². The van der Waals surface area contributed by atoms with Crippen LogP contribution < -0.4 is 5.32 Å². The third-order valence-electron chi connectivity index (χ3n) is 3.00. The number of aromatic nitrogens is 3. The fourth-order valence-electron chi connectivity index (χ4n) is 1.89. The number of rotatable bonds is 6. The molecule has 0 atom stereocenters. The van der Waals surface area contributed by atoms with Crippen LogP contribution in [0.1, 0.15) is 44.5 Å². The normalized spacial score (nSPS) is 11.2. The smallest absolute Gasteiger partial charge is 0.0679 e. The summed E-state index contributed by atoms with van der Waals surface area (Å²) < 4.78 is 1.92. The van der Waals surface area contributed by atoms with E-state index in [9.17, 15) is 0 Å². The molecule has 0 unspecified atom stereocenters. The molecular weight excluding hydrogens is 236 g/mol. The maximum Gasteiger partial charge on any atom is 0.0679 e. The predicted octanol–water partition coefficient (Wildman–Crippen LogP) is 2.89. The molecule has 4 nitrogen and oxygen atoms in total. The van der Waals surface area contributed by atoms with E-state index in [1.54, 1.807) is 0 Å². The molecule has 0 saturated heterocycles. The summed E-state index contributed by atoms with van der Waals surface area (Å²) in [6.07, 6.45) is 4.99. The highest BCUT2D eigenvalue weighted by atomic mass is 15.3. The van der Waals surface area contributed by atoms with Crippen molar-refractivity contribution >= 4 is 0 Å². The van der Waals surface area contributed by atoms with Gasteiger partial charge in [-0.3, -0.25) is 4.98 Å². The molecule has 2 aromatic heterocycles. The molecule has 19 heavy (non-hydrogen) atoms. The average molecular weight is 258 g/mol. The molecule has 0 saturated carbocycles. The first-order chi connectivity index (χ1) is 9.20. The molecule has 0 aliphatic heterocycles. The average Bonchev–Trinajstić information content (AvgIpc) is 2.89. The van der Waals surface area contributed by atoms with Gasteiger partial charge in [0.05, 0.1) is 17.1 Å². The van der Waals surface area contributed by atoms with Crippen molar-refractivity contribution in [3.05, 3.63) is 42.0 Å². The van der Waals surface area contributed by atoms with Crippen LogP contribution >= 0.6 is 0 Å². The zero-order chi connectivity index (χ0) is 13.7. The Morgan fingerprint density at radius 1 is 1.32 bits per heavy atom. The molecule has 2 aromatic rings. The molecule has 4 heteroatoms. The Morgan fingerprint density at radius 2 is 2.16 bits per heavy atom. The minimum atomic E-state index is 0.453. The molecule has 0 fully saturated rings. The van der Waals surface area contributed by atoms with Crippen LogP contribution in [0.2, 0.25) is 0 Å². The minimum Gasteiger partial charge on any atom is -0.311 e. The molecule has 0 bridgehead atoms. The Hall–Kier alpha value is -1.68. The van der Waals surface area contributed by atoms with Crippen molar-refractivity contribution in [1.82, 2.24) is 20.1 Å². The molecule has 1 N–H and O–H groups in total. The van der Waals surface area contributed by atoms with Crippen molar-refractivity contribution in [2.45, 2.75) is 39.7 Å². The lowest BCUT2D eigenvalue weighted by molar-refractivity contribution is 0.663. The third-order valence-corrected chi connectivity index (χ3v) is 3.00. The highest BCUT2D eigenvalue weighted by molar-refractivity contribution is 5.31. The summed E-state index contributed by atoms with van der Waals surface area (Å²) in [6.45, 7) is 8.29. The van der Waals surface area contributed by atoms with Crippen molar-refractivity contribution in [3.8, 4) is 5.69 Å². The predicted molar refractivity (Wildman–Crippen MR) is 77.4 cm³/mol. The monoisotopic (exact) mass is 258 g/mol. The van der Waals surface area contributed by atoms with Gasteiger partial charge in [0, 0.05) is 18.9 Å². The maximum atomic E-state index is 4.59. The summed E-state index contributed by atoms with van der Waals surface area (Å²) in [5, 5.41) is 7.95. The summed E-state index contributed by atoms with van der Waals surface area (Å²) in [7, 11) is 0. The first-order valence-corrected chi connectivity index (χ1v) is 6.92. The molecule has 0 radical (unpaired) electrons. The van der Waals surface area contributed by atoms with E-state index in [0.29, 0.717) is 5.92 Å². The second-order valence-corrected chi connectivity index (χ2v) is 5.02. The van der Waals surface area contributed by atoms with Gasteiger partial charge in [0.1, 0.15) is 0 Å². The van der Waals surface area contributed by atoms with Crippen LogP contribution in [0.5, 0.6) is 0 Å². The van der Waals surface area contributed by atoms with Crippen molar-refractivity contribution in [2.24, 2.45) is 0 Å². The number of hydrogen-bond donors (Lipinski definition) is 1. The van der Waals surface area contributed by atoms with Gasteiger partial charge in [-0.25, -0.2) is 4.68 Å². The van der Waals surface area contributed by atoms with Gasteiger partial charge >= 0.3 is 0 Å². The lowest BCUT2D eigenvalue weighted by Gasteiger charge is -2.06. The van der Waals surface area contributed by atoms with E-state index in [0.717, 1.165) is 36.6 Å². The summed E-state index contributed by atoms with van der Waals surface area (Å²) in [5.41, 5.74) is 3.23. The highest BCUT2D eigenvalue weighted by Crippen LogP contribution is 2.14. The largest absolute Gasteiger partial charge is 0.311 e. The number of hydrogen-bond acceptors (Lipinski definition) is 3.